The molecule has 2 aromatic rings. The Kier molecular flexibility index (Phi) is 5.86. The summed E-state index contributed by atoms with van der Waals surface area (Å²) < 4.78 is 0. The molecule has 138 valence electrons. The molecule has 5 nitrogen and oxygen atoms in total. The van der Waals surface area contributed by atoms with Crippen molar-refractivity contribution in [3.63, 3.8) is 0 Å². The van der Waals surface area contributed by atoms with Crippen LogP contribution in [0.5, 0.6) is 0 Å². The number of carbonyl (C=O) groups excluding carboxylic acids is 1. The molecule has 1 atom stereocenters. The lowest BCUT2D eigenvalue weighted by Gasteiger charge is -2.16. The number of benzene rings is 1. The topological polar surface area (TPSA) is 80.9 Å². The first-order chi connectivity index (χ1) is 12.6. The molecule has 0 bridgehead atoms. The summed E-state index contributed by atoms with van der Waals surface area (Å²) in [5, 5.41) is 2.99. The summed E-state index contributed by atoms with van der Waals surface area (Å²) in [6.07, 6.45) is 8.43. The zero-order chi connectivity index (χ0) is 18.5. The van der Waals surface area contributed by atoms with Gasteiger partial charge in [-0.25, -0.2) is 9.97 Å². The number of anilines is 2. The maximum atomic E-state index is 12.3. The average molecular weight is 352 g/mol. The minimum atomic E-state index is -0.0343. The molecule has 1 heterocycles. The predicted octanol–water partition coefficient (Wildman–Crippen LogP) is 4.44. The van der Waals surface area contributed by atoms with Crippen molar-refractivity contribution >= 4 is 17.4 Å². The van der Waals surface area contributed by atoms with Crippen molar-refractivity contribution in [2.24, 2.45) is 11.8 Å². The largest absolute Gasteiger partial charge is 0.399 e. The lowest BCUT2D eigenvalue weighted by molar-refractivity contribution is -0.119. The molecule has 26 heavy (non-hydrogen) atoms. The Morgan fingerprint density at radius 3 is 2.62 bits per heavy atom. The molecule has 0 radical (unpaired) electrons. The van der Waals surface area contributed by atoms with Crippen LogP contribution in [-0.2, 0) is 11.2 Å². The van der Waals surface area contributed by atoms with Gasteiger partial charge in [0.2, 0.25) is 5.91 Å². The van der Waals surface area contributed by atoms with Gasteiger partial charge < -0.3 is 11.1 Å². The SMILES string of the molecule is CCC(C)C(=O)Nc1ncc(-c2ccc(N)cc2)nc1CC1CCCC1. The van der Waals surface area contributed by atoms with Gasteiger partial charge in [0.25, 0.3) is 0 Å². The summed E-state index contributed by atoms with van der Waals surface area (Å²) >= 11 is 0. The van der Waals surface area contributed by atoms with Crippen molar-refractivity contribution in [2.75, 3.05) is 11.1 Å². The molecular formula is C21H28N4O. The fourth-order valence-corrected chi connectivity index (χ4v) is 3.38. The fraction of sp³-hybridized carbons (Fsp3) is 0.476. The van der Waals surface area contributed by atoms with Gasteiger partial charge in [0.05, 0.1) is 17.6 Å². The van der Waals surface area contributed by atoms with E-state index in [1.54, 1.807) is 6.20 Å². The third-order valence-corrected chi connectivity index (χ3v) is 5.31. The fourth-order valence-electron chi connectivity index (χ4n) is 3.38. The van der Waals surface area contributed by atoms with Gasteiger partial charge in [-0.15, -0.1) is 0 Å². The third-order valence-electron chi connectivity index (χ3n) is 5.31. The summed E-state index contributed by atoms with van der Waals surface area (Å²) in [7, 11) is 0. The van der Waals surface area contributed by atoms with Crippen molar-refractivity contribution in [1.29, 1.82) is 0 Å². The van der Waals surface area contributed by atoms with E-state index in [0.29, 0.717) is 11.7 Å². The van der Waals surface area contributed by atoms with Crippen molar-refractivity contribution < 1.29 is 4.79 Å². The first kappa shape index (κ1) is 18.4. The van der Waals surface area contributed by atoms with Gasteiger partial charge >= 0.3 is 0 Å². The summed E-state index contributed by atoms with van der Waals surface area (Å²) in [4.78, 5) is 21.7. The summed E-state index contributed by atoms with van der Waals surface area (Å²) in [5.74, 6) is 1.22. The van der Waals surface area contributed by atoms with E-state index in [4.69, 9.17) is 10.7 Å². The molecule has 0 aliphatic heterocycles. The summed E-state index contributed by atoms with van der Waals surface area (Å²) in [6, 6.07) is 7.64. The van der Waals surface area contributed by atoms with Crippen LogP contribution in [0.15, 0.2) is 30.5 Å². The summed E-state index contributed by atoms with van der Waals surface area (Å²) in [5.41, 5.74) is 9.20. The van der Waals surface area contributed by atoms with E-state index in [1.807, 2.05) is 38.1 Å². The molecule has 1 aliphatic rings. The van der Waals surface area contributed by atoms with Crippen LogP contribution in [-0.4, -0.2) is 15.9 Å². The van der Waals surface area contributed by atoms with Gasteiger partial charge in [-0.1, -0.05) is 51.7 Å². The van der Waals surface area contributed by atoms with E-state index in [2.05, 4.69) is 10.3 Å². The quantitative estimate of drug-likeness (QED) is 0.753. The molecule has 3 N–H and O–H groups in total. The van der Waals surface area contributed by atoms with Crippen LogP contribution in [0, 0.1) is 11.8 Å². The maximum absolute atomic E-state index is 12.3. The number of rotatable bonds is 6. The lowest BCUT2D eigenvalue weighted by atomic mass is 10.0. The first-order valence-corrected chi connectivity index (χ1v) is 9.59. The average Bonchev–Trinajstić information content (AvgIpc) is 3.16. The number of nitrogen functional groups attached to an aromatic ring is 1. The van der Waals surface area contributed by atoms with Crippen LogP contribution < -0.4 is 11.1 Å². The zero-order valence-electron chi connectivity index (χ0n) is 15.7. The number of hydrogen-bond donors (Lipinski definition) is 2. The van der Waals surface area contributed by atoms with E-state index in [0.717, 1.165) is 35.5 Å². The molecular weight excluding hydrogens is 324 g/mol. The molecule has 1 fully saturated rings. The van der Waals surface area contributed by atoms with Crippen molar-refractivity contribution in [1.82, 2.24) is 9.97 Å². The van der Waals surface area contributed by atoms with Crippen molar-refractivity contribution in [2.45, 2.75) is 52.4 Å². The van der Waals surface area contributed by atoms with Crippen molar-refractivity contribution in [3.05, 3.63) is 36.2 Å². The Labute approximate surface area is 155 Å². The highest BCUT2D eigenvalue weighted by molar-refractivity contribution is 5.91. The van der Waals surface area contributed by atoms with Gasteiger partial charge in [-0.05, 0) is 30.9 Å². The Hall–Kier alpha value is -2.43. The Morgan fingerprint density at radius 1 is 1.27 bits per heavy atom. The van der Waals surface area contributed by atoms with Crippen LogP contribution in [0.2, 0.25) is 0 Å². The Bertz CT molecular complexity index is 751. The highest BCUT2D eigenvalue weighted by Gasteiger charge is 2.21. The van der Waals surface area contributed by atoms with Crippen LogP contribution >= 0.6 is 0 Å². The first-order valence-electron chi connectivity index (χ1n) is 9.59. The van der Waals surface area contributed by atoms with Gasteiger partial charge in [0.15, 0.2) is 5.82 Å². The van der Waals surface area contributed by atoms with E-state index >= 15 is 0 Å². The number of nitrogens with two attached hydrogens (primary N) is 1. The van der Waals surface area contributed by atoms with Gasteiger partial charge in [0.1, 0.15) is 0 Å². The summed E-state index contributed by atoms with van der Waals surface area (Å²) in [6.45, 7) is 3.95. The molecule has 0 saturated heterocycles. The highest BCUT2D eigenvalue weighted by atomic mass is 16.1. The molecule has 1 amide bonds. The minimum absolute atomic E-state index is 0.00899. The standard InChI is InChI=1S/C21H28N4O/c1-3-14(2)21(26)25-20-18(12-15-6-4-5-7-15)24-19(13-23-20)16-8-10-17(22)11-9-16/h8-11,13-15H,3-7,12,22H2,1-2H3,(H,23,25,26). The molecule has 1 unspecified atom stereocenters. The zero-order valence-corrected chi connectivity index (χ0v) is 15.7. The minimum Gasteiger partial charge on any atom is -0.399 e. The molecule has 1 aromatic carbocycles. The Balaban J connectivity index is 1.89. The lowest BCUT2D eigenvalue weighted by Crippen LogP contribution is -2.22. The second-order valence-corrected chi connectivity index (χ2v) is 7.33. The van der Waals surface area contributed by atoms with Crippen molar-refractivity contribution in [3.8, 4) is 11.3 Å². The highest BCUT2D eigenvalue weighted by Crippen LogP contribution is 2.30. The number of amides is 1. The molecule has 1 aliphatic carbocycles. The monoisotopic (exact) mass is 352 g/mol. The van der Waals surface area contributed by atoms with E-state index in [9.17, 15) is 4.79 Å². The number of aromatic nitrogens is 2. The van der Waals surface area contributed by atoms with Crippen LogP contribution in [0.4, 0.5) is 11.5 Å². The van der Waals surface area contributed by atoms with Gasteiger partial charge in [-0.3, -0.25) is 4.79 Å². The number of nitrogens with one attached hydrogen (secondary N) is 1. The van der Waals surface area contributed by atoms with E-state index < -0.39 is 0 Å². The van der Waals surface area contributed by atoms with Gasteiger partial charge in [-0.2, -0.15) is 0 Å². The third kappa shape index (κ3) is 4.40. The second-order valence-electron chi connectivity index (χ2n) is 7.33. The second kappa shape index (κ2) is 8.30. The number of hydrogen-bond acceptors (Lipinski definition) is 4. The predicted molar refractivity (Wildman–Crippen MR) is 106 cm³/mol. The van der Waals surface area contributed by atoms with Crippen LogP contribution in [0.25, 0.3) is 11.3 Å². The molecule has 1 saturated carbocycles. The number of nitrogens with zero attached hydrogens (tertiary/aromatic N) is 2. The van der Waals surface area contributed by atoms with E-state index in [-0.39, 0.29) is 11.8 Å². The molecule has 5 heteroatoms. The van der Waals surface area contributed by atoms with Crippen LogP contribution in [0.3, 0.4) is 0 Å². The smallest absolute Gasteiger partial charge is 0.228 e. The molecule has 3 rings (SSSR count). The van der Waals surface area contributed by atoms with Crippen LogP contribution in [0.1, 0.15) is 51.6 Å². The Morgan fingerprint density at radius 2 is 1.96 bits per heavy atom. The normalized spacial score (nSPS) is 15.8. The molecule has 0 spiro atoms. The maximum Gasteiger partial charge on any atom is 0.228 e. The van der Waals surface area contributed by atoms with Gasteiger partial charge in [0, 0.05) is 17.2 Å². The number of carbonyl (C=O) groups is 1. The molecule has 1 aromatic heterocycles. The van der Waals surface area contributed by atoms with E-state index in [1.165, 1.54) is 25.7 Å².